The first-order valence-corrected chi connectivity index (χ1v) is 9.12. The van der Waals surface area contributed by atoms with E-state index in [2.05, 4.69) is 36.8 Å². The number of anilines is 1. The standard InChI is InChI=1S/C19H24N6/c1-2-4-7-14(6-3-1)17-10-18(24-23-17)21-12-16-13-22-25-19(16)15-8-5-9-20-11-15/h5,8-11,13-14H,1-4,6-7,12H2,(H,22,25)(H2,21,23,24). The molecule has 0 radical (unpaired) electrons. The number of hydrogen-bond acceptors (Lipinski definition) is 4. The van der Waals surface area contributed by atoms with Crippen LogP contribution < -0.4 is 5.32 Å². The van der Waals surface area contributed by atoms with Crippen molar-refractivity contribution in [3.8, 4) is 11.3 Å². The summed E-state index contributed by atoms with van der Waals surface area (Å²) in [5.41, 5.74) is 4.41. The molecule has 6 nitrogen and oxygen atoms in total. The summed E-state index contributed by atoms with van der Waals surface area (Å²) in [7, 11) is 0. The Bertz CT molecular complexity index is 783. The fourth-order valence-electron chi connectivity index (χ4n) is 3.62. The zero-order valence-corrected chi connectivity index (χ0v) is 14.3. The van der Waals surface area contributed by atoms with Gasteiger partial charge in [0.1, 0.15) is 5.82 Å². The van der Waals surface area contributed by atoms with Gasteiger partial charge in [0.15, 0.2) is 0 Å². The van der Waals surface area contributed by atoms with Crippen LogP contribution in [0.2, 0.25) is 0 Å². The lowest BCUT2D eigenvalue weighted by molar-refractivity contribution is 0.576. The molecule has 3 aromatic heterocycles. The Morgan fingerprint density at radius 2 is 1.96 bits per heavy atom. The second-order valence-electron chi connectivity index (χ2n) is 6.76. The van der Waals surface area contributed by atoms with Crippen LogP contribution in [0.5, 0.6) is 0 Å². The summed E-state index contributed by atoms with van der Waals surface area (Å²) < 4.78 is 0. The third kappa shape index (κ3) is 3.73. The van der Waals surface area contributed by atoms with Crippen LogP contribution in [0, 0.1) is 0 Å². The molecular weight excluding hydrogens is 312 g/mol. The van der Waals surface area contributed by atoms with E-state index in [1.165, 1.54) is 44.2 Å². The van der Waals surface area contributed by atoms with Gasteiger partial charge in [-0.1, -0.05) is 25.7 Å². The Morgan fingerprint density at radius 3 is 2.76 bits per heavy atom. The Hall–Kier alpha value is -2.63. The molecule has 0 unspecified atom stereocenters. The molecule has 1 fully saturated rings. The van der Waals surface area contributed by atoms with Crippen molar-refractivity contribution in [3.63, 3.8) is 0 Å². The van der Waals surface area contributed by atoms with Gasteiger partial charge in [0, 0.05) is 47.7 Å². The number of pyridine rings is 1. The minimum absolute atomic E-state index is 0.630. The summed E-state index contributed by atoms with van der Waals surface area (Å²) >= 11 is 0. The van der Waals surface area contributed by atoms with Crippen LogP contribution in [0.1, 0.15) is 55.7 Å². The molecule has 4 rings (SSSR count). The predicted molar refractivity (Wildman–Crippen MR) is 98.2 cm³/mol. The molecule has 130 valence electrons. The van der Waals surface area contributed by atoms with Crippen LogP contribution in [0.3, 0.4) is 0 Å². The van der Waals surface area contributed by atoms with Gasteiger partial charge in [0.2, 0.25) is 0 Å². The van der Waals surface area contributed by atoms with Crippen LogP contribution in [-0.2, 0) is 6.54 Å². The number of nitrogens with zero attached hydrogens (tertiary/aromatic N) is 3. The Kier molecular flexibility index (Phi) is 4.77. The highest BCUT2D eigenvalue weighted by Crippen LogP contribution is 2.31. The number of nitrogens with one attached hydrogen (secondary N) is 3. The summed E-state index contributed by atoms with van der Waals surface area (Å²) in [6.07, 6.45) is 13.4. The van der Waals surface area contributed by atoms with Crippen molar-refractivity contribution in [3.05, 3.63) is 48.0 Å². The third-order valence-electron chi connectivity index (χ3n) is 5.02. The van der Waals surface area contributed by atoms with Crippen molar-refractivity contribution >= 4 is 5.82 Å². The maximum absolute atomic E-state index is 4.44. The van der Waals surface area contributed by atoms with E-state index in [1.807, 2.05) is 24.5 Å². The van der Waals surface area contributed by atoms with Gasteiger partial charge in [-0.25, -0.2) is 0 Å². The minimum Gasteiger partial charge on any atom is -0.364 e. The smallest absolute Gasteiger partial charge is 0.148 e. The first kappa shape index (κ1) is 15.9. The van der Waals surface area contributed by atoms with E-state index >= 15 is 0 Å². The van der Waals surface area contributed by atoms with Crippen molar-refractivity contribution in [2.75, 3.05) is 5.32 Å². The van der Waals surface area contributed by atoms with Gasteiger partial charge in [-0.15, -0.1) is 0 Å². The van der Waals surface area contributed by atoms with Gasteiger partial charge >= 0.3 is 0 Å². The van der Waals surface area contributed by atoms with Crippen molar-refractivity contribution in [2.45, 2.75) is 51.0 Å². The highest BCUT2D eigenvalue weighted by Gasteiger charge is 2.17. The van der Waals surface area contributed by atoms with Crippen molar-refractivity contribution in [1.29, 1.82) is 0 Å². The van der Waals surface area contributed by atoms with E-state index in [0.29, 0.717) is 12.5 Å². The molecule has 1 aliphatic rings. The lowest BCUT2D eigenvalue weighted by Crippen LogP contribution is -2.00. The highest BCUT2D eigenvalue weighted by atomic mass is 15.2. The summed E-state index contributed by atoms with van der Waals surface area (Å²) in [6.45, 7) is 0.676. The Morgan fingerprint density at radius 1 is 1.08 bits per heavy atom. The molecule has 0 aromatic carbocycles. The molecule has 1 saturated carbocycles. The molecule has 0 aliphatic heterocycles. The predicted octanol–water partition coefficient (Wildman–Crippen LogP) is 4.24. The van der Waals surface area contributed by atoms with E-state index in [0.717, 1.165) is 22.6 Å². The lowest BCUT2D eigenvalue weighted by atomic mass is 9.97. The molecule has 3 heterocycles. The summed E-state index contributed by atoms with van der Waals surface area (Å²) in [6, 6.07) is 6.13. The molecule has 0 saturated heterocycles. The van der Waals surface area contributed by atoms with Crippen molar-refractivity contribution in [1.82, 2.24) is 25.4 Å². The maximum Gasteiger partial charge on any atom is 0.148 e. The first-order valence-electron chi connectivity index (χ1n) is 9.12. The van der Waals surface area contributed by atoms with E-state index in [9.17, 15) is 0 Å². The SMILES string of the molecule is c1cncc(-c2[nH]ncc2CNc2cc(C3CCCCCC3)[nH]n2)c1. The Labute approximate surface area is 147 Å². The monoisotopic (exact) mass is 336 g/mol. The number of rotatable bonds is 5. The number of H-pyrrole nitrogens is 2. The van der Waals surface area contributed by atoms with Gasteiger partial charge in [-0.3, -0.25) is 15.2 Å². The normalized spacial score (nSPS) is 15.8. The molecule has 0 amide bonds. The number of aromatic nitrogens is 5. The van der Waals surface area contributed by atoms with Gasteiger partial charge in [0.25, 0.3) is 0 Å². The van der Waals surface area contributed by atoms with E-state index in [4.69, 9.17) is 0 Å². The molecule has 6 heteroatoms. The van der Waals surface area contributed by atoms with Gasteiger partial charge in [-0.2, -0.15) is 10.2 Å². The average Bonchev–Trinajstić information content (AvgIpc) is 3.24. The van der Waals surface area contributed by atoms with E-state index in [1.54, 1.807) is 6.20 Å². The largest absolute Gasteiger partial charge is 0.364 e. The molecule has 0 bridgehead atoms. The van der Waals surface area contributed by atoms with Crippen LogP contribution in [-0.4, -0.2) is 25.4 Å². The fraction of sp³-hybridized carbons (Fsp3) is 0.421. The molecule has 25 heavy (non-hydrogen) atoms. The lowest BCUT2D eigenvalue weighted by Gasteiger charge is -2.10. The zero-order valence-electron chi connectivity index (χ0n) is 14.3. The second kappa shape index (κ2) is 7.51. The topological polar surface area (TPSA) is 82.3 Å². The van der Waals surface area contributed by atoms with Crippen LogP contribution in [0.25, 0.3) is 11.3 Å². The molecule has 3 N–H and O–H groups in total. The van der Waals surface area contributed by atoms with Crippen LogP contribution in [0.4, 0.5) is 5.82 Å². The number of hydrogen-bond donors (Lipinski definition) is 3. The van der Waals surface area contributed by atoms with Gasteiger partial charge < -0.3 is 5.32 Å². The zero-order chi connectivity index (χ0) is 16.9. The summed E-state index contributed by atoms with van der Waals surface area (Å²) in [5, 5.41) is 18.3. The molecule has 0 spiro atoms. The third-order valence-corrected chi connectivity index (χ3v) is 5.02. The van der Waals surface area contributed by atoms with Crippen molar-refractivity contribution in [2.24, 2.45) is 0 Å². The maximum atomic E-state index is 4.44. The van der Waals surface area contributed by atoms with E-state index < -0.39 is 0 Å². The van der Waals surface area contributed by atoms with Crippen LogP contribution in [0.15, 0.2) is 36.8 Å². The highest BCUT2D eigenvalue weighted by molar-refractivity contribution is 5.61. The first-order chi connectivity index (χ1) is 12.4. The second-order valence-corrected chi connectivity index (χ2v) is 6.76. The van der Waals surface area contributed by atoms with Gasteiger partial charge in [-0.05, 0) is 25.0 Å². The number of aromatic amines is 2. The molecule has 1 aliphatic carbocycles. The summed E-state index contributed by atoms with van der Waals surface area (Å²) in [4.78, 5) is 4.18. The summed E-state index contributed by atoms with van der Waals surface area (Å²) in [5.74, 6) is 1.53. The molecular formula is C19H24N6. The molecule has 0 atom stereocenters. The average molecular weight is 336 g/mol. The van der Waals surface area contributed by atoms with Crippen molar-refractivity contribution < 1.29 is 0 Å². The van der Waals surface area contributed by atoms with Gasteiger partial charge in [0.05, 0.1) is 11.9 Å². The minimum atomic E-state index is 0.630. The van der Waals surface area contributed by atoms with E-state index in [-0.39, 0.29) is 0 Å². The Balaban J connectivity index is 1.42. The quantitative estimate of drug-likeness (QED) is 0.608. The van der Waals surface area contributed by atoms with Crippen LogP contribution >= 0.6 is 0 Å². The molecule has 3 aromatic rings. The fourth-order valence-corrected chi connectivity index (χ4v) is 3.62.